The molecule has 1 fully saturated rings. The zero-order chi connectivity index (χ0) is 17.7. The number of aliphatic hydroxyl groups excluding tert-OH is 1. The first-order valence-electron chi connectivity index (χ1n) is 7.75. The Kier molecular flexibility index (Phi) is 9.62. The molecule has 3 N–H and O–H groups in total. The van der Waals surface area contributed by atoms with Crippen LogP contribution in [0.2, 0.25) is 0 Å². The second-order valence-corrected chi connectivity index (χ2v) is 6.22. The number of carbonyl (C=O) groups is 2. The number of nitrogens with zero attached hydrogens (tertiary/aromatic N) is 1. The third-order valence-corrected chi connectivity index (χ3v) is 4.53. The number of ether oxygens (including phenoxy) is 2. The van der Waals surface area contributed by atoms with E-state index in [0.717, 1.165) is 4.90 Å². The monoisotopic (exact) mass is 446 g/mol. The van der Waals surface area contributed by atoms with Crippen LogP contribution in [0.1, 0.15) is 6.42 Å². The van der Waals surface area contributed by atoms with Gasteiger partial charge in [0.25, 0.3) is 11.8 Å². The van der Waals surface area contributed by atoms with Crippen molar-refractivity contribution in [3.8, 4) is 0 Å². The number of aliphatic hydroxyl groups is 1. The SMILES string of the molecule is COC[C@H]1C[C@@H](NC(=S)NCCN2C(=O)C=CC2=O)C(OC)[C@H]1O.[Y]. The fraction of sp³-hybridized carbons (Fsp3) is 0.667. The first-order valence-corrected chi connectivity index (χ1v) is 8.16. The van der Waals surface area contributed by atoms with E-state index in [0.29, 0.717) is 24.7 Å². The van der Waals surface area contributed by atoms with E-state index in [1.807, 2.05) is 0 Å². The first kappa shape index (κ1) is 22.6. The van der Waals surface area contributed by atoms with Gasteiger partial charge in [-0.05, 0) is 18.6 Å². The van der Waals surface area contributed by atoms with E-state index in [9.17, 15) is 14.7 Å². The summed E-state index contributed by atoms with van der Waals surface area (Å²) in [6, 6.07) is -0.137. The number of imide groups is 1. The molecule has 2 aliphatic rings. The summed E-state index contributed by atoms with van der Waals surface area (Å²) in [5.41, 5.74) is 0. The summed E-state index contributed by atoms with van der Waals surface area (Å²) in [5.74, 6) is -0.658. The molecule has 1 heterocycles. The minimum absolute atomic E-state index is 0. The van der Waals surface area contributed by atoms with Crippen molar-refractivity contribution < 1.29 is 56.9 Å². The van der Waals surface area contributed by atoms with Crippen molar-refractivity contribution in [2.45, 2.75) is 24.7 Å². The molecular formula is C15H23N3O5SY. The molecule has 0 spiro atoms. The van der Waals surface area contributed by atoms with Crippen molar-refractivity contribution in [2.75, 3.05) is 33.9 Å². The Hall–Kier alpha value is -0.446. The predicted octanol–water partition coefficient (Wildman–Crippen LogP) is -1.22. The van der Waals surface area contributed by atoms with E-state index in [1.54, 1.807) is 14.2 Å². The zero-order valence-electron chi connectivity index (χ0n) is 14.3. The smallest absolute Gasteiger partial charge is 0.253 e. The van der Waals surface area contributed by atoms with Gasteiger partial charge in [-0.15, -0.1) is 0 Å². The van der Waals surface area contributed by atoms with Gasteiger partial charge in [0.05, 0.1) is 18.8 Å². The number of methoxy groups -OCH3 is 2. The summed E-state index contributed by atoms with van der Waals surface area (Å²) < 4.78 is 10.5. The largest absolute Gasteiger partial charge is 0.390 e. The standard InChI is InChI=1S/C15H23N3O5S.Y/c1-22-8-9-7-10(14(23-2)13(9)21)17-15(24)16-5-6-18-11(19)3-4-12(18)20;/h3-4,9-10,13-14,21H,5-8H2,1-2H3,(H2,16,17,24);/t9-,10-,13+,14?;/m1./s1. The van der Waals surface area contributed by atoms with Crippen LogP contribution < -0.4 is 10.6 Å². The summed E-state index contributed by atoms with van der Waals surface area (Å²) in [4.78, 5) is 24.0. The van der Waals surface area contributed by atoms with Gasteiger partial charge in [0, 0.05) is 78.1 Å². The van der Waals surface area contributed by atoms with Gasteiger partial charge in [-0.1, -0.05) is 0 Å². The minimum atomic E-state index is -0.624. The number of rotatable bonds is 7. The number of nitrogens with one attached hydrogen (secondary N) is 2. The van der Waals surface area contributed by atoms with Gasteiger partial charge in [-0.3, -0.25) is 14.5 Å². The Bertz CT molecular complexity index is 515. The molecule has 1 unspecified atom stereocenters. The summed E-state index contributed by atoms with van der Waals surface area (Å²) in [6.45, 7) is 1.03. The number of hydrogen-bond acceptors (Lipinski definition) is 6. The molecule has 10 heteroatoms. The average molecular weight is 446 g/mol. The predicted molar refractivity (Wildman–Crippen MR) is 90.2 cm³/mol. The average Bonchev–Trinajstić information content (AvgIpc) is 3.01. The van der Waals surface area contributed by atoms with Crippen molar-refractivity contribution in [3.63, 3.8) is 0 Å². The Morgan fingerprint density at radius 3 is 2.56 bits per heavy atom. The van der Waals surface area contributed by atoms with Gasteiger partial charge in [0.2, 0.25) is 0 Å². The van der Waals surface area contributed by atoms with Crippen LogP contribution in [0.15, 0.2) is 12.2 Å². The van der Waals surface area contributed by atoms with Crippen molar-refractivity contribution >= 4 is 29.1 Å². The van der Waals surface area contributed by atoms with E-state index in [4.69, 9.17) is 21.7 Å². The first-order chi connectivity index (χ1) is 11.5. The molecule has 2 rings (SSSR count). The number of carbonyl (C=O) groups excluding carboxylic acids is 2. The normalized spacial score (nSPS) is 28.2. The Morgan fingerprint density at radius 2 is 2.00 bits per heavy atom. The van der Waals surface area contributed by atoms with Crippen LogP contribution in [0, 0.1) is 5.92 Å². The van der Waals surface area contributed by atoms with E-state index in [-0.39, 0.29) is 69.1 Å². The molecule has 137 valence electrons. The van der Waals surface area contributed by atoms with Gasteiger partial charge in [0.15, 0.2) is 5.11 Å². The van der Waals surface area contributed by atoms with E-state index in [2.05, 4.69) is 10.6 Å². The van der Waals surface area contributed by atoms with Crippen LogP contribution in [-0.4, -0.2) is 79.1 Å². The van der Waals surface area contributed by atoms with E-state index < -0.39 is 6.10 Å². The van der Waals surface area contributed by atoms with Crippen molar-refractivity contribution in [2.24, 2.45) is 5.92 Å². The molecule has 25 heavy (non-hydrogen) atoms. The van der Waals surface area contributed by atoms with E-state index >= 15 is 0 Å². The summed E-state index contributed by atoms with van der Waals surface area (Å²) in [5, 5.41) is 16.7. The molecule has 2 amide bonds. The van der Waals surface area contributed by atoms with Crippen molar-refractivity contribution in [1.29, 1.82) is 0 Å². The summed E-state index contributed by atoms with van der Waals surface area (Å²) in [7, 11) is 3.14. The molecular weight excluding hydrogens is 423 g/mol. The zero-order valence-corrected chi connectivity index (χ0v) is 18.0. The molecule has 1 aliphatic carbocycles. The van der Waals surface area contributed by atoms with Gasteiger partial charge < -0.3 is 25.2 Å². The van der Waals surface area contributed by atoms with Crippen LogP contribution in [0.3, 0.4) is 0 Å². The van der Waals surface area contributed by atoms with Crippen LogP contribution in [-0.2, 0) is 51.8 Å². The van der Waals surface area contributed by atoms with Crippen LogP contribution >= 0.6 is 12.2 Å². The van der Waals surface area contributed by atoms with Crippen LogP contribution in [0.25, 0.3) is 0 Å². The Morgan fingerprint density at radius 1 is 1.36 bits per heavy atom. The van der Waals surface area contributed by atoms with Crippen LogP contribution in [0.4, 0.5) is 0 Å². The number of thiocarbonyl (C=S) groups is 1. The van der Waals surface area contributed by atoms with Gasteiger partial charge in [-0.2, -0.15) is 0 Å². The maximum atomic E-state index is 11.4. The van der Waals surface area contributed by atoms with Crippen LogP contribution in [0.5, 0.6) is 0 Å². The molecule has 0 saturated heterocycles. The van der Waals surface area contributed by atoms with E-state index in [1.165, 1.54) is 12.2 Å². The quantitative estimate of drug-likeness (QED) is 0.331. The molecule has 1 aliphatic heterocycles. The topological polar surface area (TPSA) is 100 Å². The molecule has 0 bridgehead atoms. The third kappa shape index (κ3) is 5.77. The molecule has 1 saturated carbocycles. The fourth-order valence-corrected chi connectivity index (χ4v) is 3.34. The Labute approximate surface area is 177 Å². The van der Waals surface area contributed by atoms with Crippen molar-refractivity contribution in [3.05, 3.63) is 12.2 Å². The Balaban J connectivity index is 0.00000312. The maximum absolute atomic E-state index is 11.4. The van der Waals surface area contributed by atoms with Gasteiger partial charge in [-0.25, -0.2) is 0 Å². The molecule has 8 nitrogen and oxygen atoms in total. The molecule has 0 aromatic carbocycles. The third-order valence-electron chi connectivity index (χ3n) is 4.26. The minimum Gasteiger partial charge on any atom is -0.390 e. The second-order valence-electron chi connectivity index (χ2n) is 5.81. The number of hydrogen-bond donors (Lipinski definition) is 3. The maximum Gasteiger partial charge on any atom is 0.253 e. The molecule has 0 aromatic rings. The van der Waals surface area contributed by atoms with Gasteiger partial charge in [0.1, 0.15) is 6.10 Å². The fourth-order valence-electron chi connectivity index (χ4n) is 3.08. The number of amides is 2. The molecule has 4 atom stereocenters. The summed E-state index contributed by atoms with van der Waals surface area (Å²) in [6.07, 6.45) is 2.16. The van der Waals surface area contributed by atoms with Crippen molar-refractivity contribution in [1.82, 2.24) is 15.5 Å². The summed E-state index contributed by atoms with van der Waals surface area (Å²) >= 11 is 5.24. The molecule has 1 radical (unpaired) electrons. The van der Waals surface area contributed by atoms with Gasteiger partial charge >= 0.3 is 0 Å². The molecule has 0 aromatic heterocycles. The second kappa shape index (κ2) is 10.6.